The highest BCUT2D eigenvalue weighted by Crippen LogP contribution is 2.21. The Morgan fingerprint density at radius 1 is 1.33 bits per heavy atom. The molecule has 1 aliphatic rings. The second-order valence-corrected chi connectivity index (χ2v) is 6.59. The third-order valence-corrected chi connectivity index (χ3v) is 5.21. The number of β-amino-alcohol motifs (C(OH)–C–C–N with tert-alkyl or cyclic N) is 1. The summed E-state index contributed by atoms with van der Waals surface area (Å²) in [6.45, 7) is 2.73. The number of aryl methyl sites for hydroxylation is 1. The first-order chi connectivity index (χ1) is 8.54. The highest BCUT2D eigenvalue weighted by atomic mass is 32.2. The number of nitrogens with zero attached hydrogens (tertiary/aromatic N) is 1. The van der Waals surface area contributed by atoms with Crippen LogP contribution < -0.4 is 0 Å². The molecule has 0 bridgehead atoms. The van der Waals surface area contributed by atoms with Gasteiger partial charge in [-0.1, -0.05) is 19.1 Å². The molecule has 2 rings (SSSR count). The lowest BCUT2D eigenvalue weighted by Crippen LogP contribution is -2.42. The lowest BCUT2D eigenvalue weighted by atomic mass is 10.1. The molecule has 18 heavy (non-hydrogen) atoms. The van der Waals surface area contributed by atoms with Gasteiger partial charge < -0.3 is 5.11 Å². The summed E-state index contributed by atoms with van der Waals surface area (Å²) < 4.78 is 26.1. The van der Waals surface area contributed by atoms with Gasteiger partial charge in [0.15, 0.2) is 0 Å². The molecule has 1 fully saturated rings. The van der Waals surface area contributed by atoms with E-state index in [4.69, 9.17) is 0 Å². The summed E-state index contributed by atoms with van der Waals surface area (Å²) in [6.07, 6.45) is 1.75. The zero-order chi connectivity index (χ0) is 13.2. The fourth-order valence-corrected chi connectivity index (χ4v) is 3.70. The van der Waals surface area contributed by atoms with E-state index in [9.17, 15) is 13.5 Å². The monoisotopic (exact) mass is 269 g/mol. The van der Waals surface area contributed by atoms with Crippen LogP contribution in [0.1, 0.15) is 25.3 Å². The molecule has 0 aromatic heterocycles. The molecule has 1 atom stereocenters. The summed E-state index contributed by atoms with van der Waals surface area (Å²) in [7, 11) is -3.45. The predicted molar refractivity (Wildman–Crippen MR) is 69.8 cm³/mol. The van der Waals surface area contributed by atoms with Gasteiger partial charge in [0.25, 0.3) is 0 Å². The van der Waals surface area contributed by atoms with Gasteiger partial charge in [-0.2, -0.15) is 4.31 Å². The maximum atomic E-state index is 12.3. The van der Waals surface area contributed by atoms with E-state index >= 15 is 0 Å². The van der Waals surface area contributed by atoms with Crippen LogP contribution in [0.25, 0.3) is 0 Å². The van der Waals surface area contributed by atoms with Crippen molar-refractivity contribution in [1.82, 2.24) is 4.31 Å². The maximum Gasteiger partial charge on any atom is 0.243 e. The van der Waals surface area contributed by atoms with Crippen molar-refractivity contribution in [1.29, 1.82) is 0 Å². The van der Waals surface area contributed by atoms with E-state index in [1.165, 1.54) is 4.31 Å². The number of benzene rings is 1. The second-order valence-electron chi connectivity index (χ2n) is 4.66. The van der Waals surface area contributed by atoms with Gasteiger partial charge in [0.2, 0.25) is 10.0 Å². The predicted octanol–water partition coefficient (Wildman–Crippen LogP) is 1.39. The number of aliphatic hydroxyl groups is 1. The molecule has 1 aliphatic heterocycles. The van der Waals surface area contributed by atoms with Gasteiger partial charge in [-0.3, -0.25) is 0 Å². The molecule has 0 unspecified atom stereocenters. The maximum absolute atomic E-state index is 12.3. The van der Waals surface area contributed by atoms with E-state index in [-0.39, 0.29) is 6.54 Å². The summed E-state index contributed by atoms with van der Waals surface area (Å²) in [5.41, 5.74) is 1.12. The number of aliphatic hydroxyl groups excluding tert-OH is 1. The first-order valence-electron chi connectivity index (χ1n) is 6.31. The van der Waals surface area contributed by atoms with Gasteiger partial charge in [0, 0.05) is 13.1 Å². The summed E-state index contributed by atoms with van der Waals surface area (Å²) in [6, 6.07) is 6.98. The van der Waals surface area contributed by atoms with Crippen LogP contribution in [-0.4, -0.2) is 37.0 Å². The number of hydrogen-bond donors (Lipinski definition) is 1. The highest BCUT2D eigenvalue weighted by molar-refractivity contribution is 7.89. The van der Waals surface area contributed by atoms with Crippen LogP contribution in [-0.2, 0) is 16.4 Å². The molecule has 1 saturated heterocycles. The molecule has 1 heterocycles. The molecular weight excluding hydrogens is 250 g/mol. The molecular formula is C13H19NO3S. The third-order valence-electron chi connectivity index (χ3n) is 3.33. The molecule has 1 N–H and O–H groups in total. The van der Waals surface area contributed by atoms with Gasteiger partial charge in [0.05, 0.1) is 11.0 Å². The first kappa shape index (κ1) is 13.5. The summed E-state index contributed by atoms with van der Waals surface area (Å²) in [4.78, 5) is 0.314. The quantitative estimate of drug-likeness (QED) is 0.902. The van der Waals surface area contributed by atoms with E-state index in [0.717, 1.165) is 12.0 Å². The van der Waals surface area contributed by atoms with Crippen LogP contribution in [0.4, 0.5) is 0 Å². The average Bonchev–Trinajstić information content (AvgIpc) is 2.39. The SMILES string of the molecule is CCc1ccc(S(=O)(=O)N2CCC[C@H](O)C2)cc1. The summed E-state index contributed by atoms with van der Waals surface area (Å²) in [5.74, 6) is 0. The number of hydrogen-bond acceptors (Lipinski definition) is 3. The molecule has 0 radical (unpaired) electrons. The van der Waals surface area contributed by atoms with Crippen molar-refractivity contribution in [2.45, 2.75) is 37.2 Å². The molecule has 0 amide bonds. The van der Waals surface area contributed by atoms with Crippen molar-refractivity contribution < 1.29 is 13.5 Å². The topological polar surface area (TPSA) is 57.6 Å². The fourth-order valence-electron chi connectivity index (χ4n) is 2.19. The lowest BCUT2D eigenvalue weighted by molar-refractivity contribution is 0.108. The van der Waals surface area contributed by atoms with Crippen LogP contribution in [0.3, 0.4) is 0 Å². The molecule has 0 saturated carbocycles. The van der Waals surface area contributed by atoms with Crippen LogP contribution in [0.2, 0.25) is 0 Å². The van der Waals surface area contributed by atoms with Crippen molar-refractivity contribution >= 4 is 10.0 Å². The van der Waals surface area contributed by atoms with Crippen LogP contribution in [0.15, 0.2) is 29.2 Å². The van der Waals surface area contributed by atoms with Gasteiger partial charge >= 0.3 is 0 Å². The van der Waals surface area contributed by atoms with Crippen molar-refractivity contribution in [2.24, 2.45) is 0 Å². The Kier molecular flexibility index (Phi) is 4.04. The summed E-state index contributed by atoms with van der Waals surface area (Å²) in [5, 5.41) is 9.57. The minimum Gasteiger partial charge on any atom is -0.392 e. The third kappa shape index (κ3) is 2.74. The standard InChI is InChI=1S/C13H19NO3S/c1-2-11-5-7-13(8-6-11)18(16,17)14-9-3-4-12(15)10-14/h5-8,12,15H,2-4,9-10H2,1H3/t12-/m0/s1. The minimum atomic E-state index is -3.45. The molecule has 1 aromatic rings. The Balaban J connectivity index is 2.23. The number of piperidine rings is 1. The second kappa shape index (κ2) is 5.38. The van der Waals surface area contributed by atoms with Crippen LogP contribution in [0.5, 0.6) is 0 Å². The zero-order valence-electron chi connectivity index (χ0n) is 10.5. The van der Waals surface area contributed by atoms with Crippen LogP contribution in [0, 0.1) is 0 Å². The molecule has 0 spiro atoms. The van der Waals surface area contributed by atoms with Crippen molar-refractivity contribution in [3.8, 4) is 0 Å². The Morgan fingerprint density at radius 3 is 2.56 bits per heavy atom. The van der Waals surface area contributed by atoms with Crippen LogP contribution >= 0.6 is 0 Å². The lowest BCUT2D eigenvalue weighted by Gasteiger charge is -2.29. The van der Waals surface area contributed by atoms with Gasteiger partial charge in [0.1, 0.15) is 0 Å². The van der Waals surface area contributed by atoms with Crippen molar-refractivity contribution in [3.63, 3.8) is 0 Å². The molecule has 100 valence electrons. The van der Waals surface area contributed by atoms with Crippen molar-refractivity contribution in [3.05, 3.63) is 29.8 Å². The van der Waals surface area contributed by atoms with E-state index < -0.39 is 16.1 Å². The molecule has 0 aliphatic carbocycles. The van der Waals surface area contributed by atoms with E-state index in [1.54, 1.807) is 12.1 Å². The van der Waals surface area contributed by atoms with E-state index in [1.807, 2.05) is 19.1 Å². The highest BCUT2D eigenvalue weighted by Gasteiger charge is 2.29. The van der Waals surface area contributed by atoms with Gasteiger partial charge in [-0.05, 0) is 37.0 Å². The minimum absolute atomic E-state index is 0.206. The van der Waals surface area contributed by atoms with Gasteiger partial charge in [-0.25, -0.2) is 8.42 Å². The fraction of sp³-hybridized carbons (Fsp3) is 0.538. The van der Waals surface area contributed by atoms with Crippen molar-refractivity contribution in [2.75, 3.05) is 13.1 Å². The normalized spacial score (nSPS) is 22.0. The number of sulfonamides is 1. The first-order valence-corrected chi connectivity index (χ1v) is 7.75. The molecule has 1 aromatic carbocycles. The summed E-state index contributed by atoms with van der Waals surface area (Å²) >= 11 is 0. The average molecular weight is 269 g/mol. The van der Waals surface area contributed by atoms with Gasteiger partial charge in [-0.15, -0.1) is 0 Å². The number of rotatable bonds is 3. The van der Waals surface area contributed by atoms with E-state index in [0.29, 0.717) is 24.3 Å². The Bertz CT molecular complexity index is 495. The Morgan fingerprint density at radius 2 is 2.00 bits per heavy atom. The molecule has 5 heteroatoms. The molecule has 4 nitrogen and oxygen atoms in total. The Labute approximate surface area is 108 Å². The Hall–Kier alpha value is -0.910. The zero-order valence-corrected chi connectivity index (χ0v) is 11.4. The van der Waals surface area contributed by atoms with E-state index in [2.05, 4.69) is 0 Å². The smallest absolute Gasteiger partial charge is 0.243 e. The largest absolute Gasteiger partial charge is 0.392 e.